The molecule has 0 spiro atoms. The molecule has 0 aliphatic heterocycles. The van der Waals surface area contributed by atoms with Crippen LogP contribution < -0.4 is 0 Å². The minimum absolute atomic E-state index is 0.203. The lowest BCUT2D eigenvalue weighted by atomic mass is 9.78. The molecule has 0 aliphatic carbocycles. The molecule has 3 N–H and O–H groups in total. The maximum Gasteiger partial charge on any atom is 0.0902 e. The second-order valence-corrected chi connectivity index (χ2v) is 5.19. The molecule has 2 atom stereocenters. The van der Waals surface area contributed by atoms with Crippen LogP contribution in [0, 0.1) is 0 Å². The number of hydrogen-bond acceptors (Lipinski definition) is 3. The average Bonchev–Trinajstić information content (AvgIpc) is 2.21. The second kappa shape index (κ2) is 7.25. The van der Waals surface area contributed by atoms with Gasteiger partial charge in [-0.1, -0.05) is 32.6 Å². The summed E-state index contributed by atoms with van der Waals surface area (Å²) < 4.78 is 0. The summed E-state index contributed by atoms with van der Waals surface area (Å²) in [5.74, 6) is 0. The summed E-state index contributed by atoms with van der Waals surface area (Å²) in [7, 11) is 0. The Hall–Kier alpha value is -0.120. The van der Waals surface area contributed by atoms with Crippen molar-refractivity contribution < 1.29 is 15.3 Å². The minimum atomic E-state index is -1.03. The fourth-order valence-electron chi connectivity index (χ4n) is 1.82. The molecule has 3 nitrogen and oxygen atoms in total. The van der Waals surface area contributed by atoms with Gasteiger partial charge in [-0.25, -0.2) is 0 Å². The van der Waals surface area contributed by atoms with Gasteiger partial charge >= 0.3 is 0 Å². The Bertz CT molecular complexity index is 176. The Labute approximate surface area is 99.5 Å². The molecule has 0 unspecified atom stereocenters. The Balaban J connectivity index is 4.06. The third-order valence-corrected chi connectivity index (χ3v) is 3.50. The maximum atomic E-state index is 10.3. The second-order valence-electron chi connectivity index (χ2n) is 5.19. The first kappa shape index (κ1) is 15.9. The summed E-state index contributed by atoms with van der Waals surface area (Å²) >= 11 is 0. The highest BCUT2D eigenvalue weighted by Crippen LogP contribution is 2.31. The van der Waals surface area contributed by atoms with Crippen molar-refractivity contribution in [3.63, 3.8) is 0 Å². The van der Waals surface area contributed by atoms with Crippen molar-refractivity contribution in [1.82, 2.24) is 0 Å². The normalized spacial score (nSPS) is 19.1. The van der Waals surface area contributed by atoms with Gasteiger partial charge in [0.05, 0.1) is 11.2 Å². The maximum absolute atomic E-state index is 10.3. The van der Waals surface area contributed by atoms with Gasteiger partial charge in [-0.15, -0.1) is 0 Å². The third-order valence-electron chi connectivity index (χ3n) is 3.50. The van der Waals surface area contributed by atoms with E-state index >= 15 is 0 Å². The Kier molecular flexibility index (Phi) is 7.20. The van der Waals surface area contributed by atoms with Crippen LogP contribution in [0.5, 0.6) is 0 Å². The third kappa shape index (κ3) is 5.28. The number of hydrogen-bond donors (Lipinski definition) is 3. The van der Waals surface area contributed by atoms with Crippen LogP contribution in [0.15, 0.2) is 0 Å². The molecule has 0 heterocycles. The first-order valence-electron chi connectivity index (χ1n) is 6.43. The van der Waals surface area contributed by atoms with Gasteiger partial charge in [0.25, 0.3) is 0 Å². The van der Waals surface area contributed by atoms with E-state index in [1.165, 1.54) is 0 Å². The van der Waals surface area contributed by atoms with Gasteiger partial charge in [-0.05, 0) is 33.1 Å². The van der Waals surface area contributed by atoms with Crippen LogP contribution in [-0.4, -0.2) is 33.1 Å². The van der Waals surface area contributed by atoms with Gasteiger partial charge in [0.15, 0.2) is 0 Å². The van der Waals surface area contributed by atoms with E-state index in [0.717, 1.165) is 32.1 Å². The van der Waals surface area contributed by atoms with Crippen LogP contribution in [0.1, 0.15) is 65.7 Å². The fourth-order valence-corrected chi connectivity index (χ4v) is 1.82. The summed E-state index contributed by atoms with van der Waals surface area (Å²) in [6.07, 6.45) is 5.69. The van der Waals surface area contributed by atoms with Crippen molar-refractivity contribution in [1.29, 1.82) is 0 Å². The SMILES string of the molecule is CCCC[C@@](C)(O)[C@](C)(O)CCCCCO. The van der Waals surface area contributed by atoms with E-state index in [0.29, 0.717) is 12.8 Å². The van der Waals surface area contributed by atoms with E-state index < -0.39 is 11.2 Å². The van der Waals surface area contributed by atoms with Gasteiger partial charge in [0.1, 0.15) is 0 Å². The Morgan fingerprint density at radius 2 is 1.31 bits per heavy atom. The smallest absolute Gasteiger partial charge is 0.0902 e. The van der Waals surface area contributed by atoms with Gasteiger partial charge in [0.2, 0.25) is 0 Å². The molecule has 0 aromatic rings. The van der Waals surface area contributed by atoms with Crippen LogP contribution in [0.4, 0.5) is 0 Å². The highest BCUT2D eigenvalue weighted by Gasteiger charge is 2.40. The molecule has 0 radical (unpaired) electrons. The summed E-state index contributed by atoms with van der Waals surface area (Å²) in [6, 6.07) is 0. The summed E-state index contributed by atoms with van der Waals surface area (Å²) in [6.45, 7) is 5.71. The predicted octanol–water partition coefficient (Wildman–Crippen LogP) is 2.23. The molecule has 0 saturated carbocycles. The zero-order valence-corrected chi connectivity index (χ0v) is 11.0. The molecule has 0 bridgehead atoms. The monoisotopic (exact) mass is 232 g/mol. The first-order valence-corrected chi connectivity index (χ1v) is 6.43. The summed E-state index contributed by atoms with van der Waals surface area (Å²) in [4.78, 5) is 0. The lowest BCUT2D eigenvalue weighted by Gasteiger charge is -2.39. The molecular weight excluding hydrogens is 204 g/mol. The predicted molar refractivity (Wildman–Crippen MR) is 66.3 cm³/mol. The van der Waals surface area contributed by atoms with Gasteiger partial charge in [-0.2, -0.15) is 0 Å². The zero-order valence-electron chi connectivity index (χ0n) is 11.0. The van der Waals surface area contributed by atoms with E-state index in [9.17, 15) is 10.2 Å². The van der Waals surface area contributed by atoms with Gasteiger partial charge in [0, 0.05) is 6.61 Å². The van der Waals surface area contributed by atoms with E-state index in [-0.39, 0.29) is 6.61 Å². The number of aliphatic hydroxyl groups is 3. The average molecular weight is 232 g/mol. The largest absolute Gasteiger partial charge is 0.396 e. The van der Waals surface area contributed by atoms with Crippen molar-refractivity contribution in [2.24, 2.45) is 0 Å². The molecule has 0 amide bonds. The Morgan fingerprint density at radius 3 is 1.75 bits per heavy atom. The van der Waals surface area contributed by atoms with Crippen molar-refractivity contribution in [2.75, 3.05) is 6.61 Å². The number of aliphatic hydroxyl groups excluding tert-OH is 1. The summed E-state index contributed by atoms with van der Waals surface area (Å²) in [5.41, 5.74) is -2.04. The van der Waals surface area contributed by atoms with Gasteiger partial charge in [-0.3, -0.25) is 0 Å². The van der Waals surface area contributed by atoms with Crippen LogP contribution in [0.2, 0.25) is 0 Å². The highest BCUT2D eigenvalue weighted by molar-refractivity contribution is 4.92. The number of rotatable bonds is 9. The molecule has 16 heavy (non-hydrogen) atoms. The minimum Gasteiger partial charge on any atom is -0.396 e. The van der Waals surface area contributed by atoms with Crippen molar-refractivity contribution in [3.05, 3.63) is 0 Å². The molecule has 0 saturated heterocycles. The van der Waals surface area contributed by atoms with E-state index in [4.69, 9.17) is 5.11 Å². The lowest BCUT2D eigenvalue weighted by molar-refractivity contribution is -0.140. The van der Waals surface area contributed by atoms with E-state index in [1.807, 2.05) is 0 Å². The molecule has 98 valence electrons. The lowest BCUT2D eigenvalue weighted by Crippen LogP contribution is -2.49. The van der Waals surface area contributed by atoms with Crippen LogP contribution in [0.3, 0.4) is 0 Å². The molecular formula is C13H28O3. The quantitative estimate of drug-likeness (QED) is 0.534. The van der Waals surface area contributed by atoms with Crippen LogP contribution >= 0.6 is 0 Å². The fraction of sp³-hybridized carbons (Fsp3) is 1.00. The Morgan fingerprint density at radius 1 is 0.812 bits per heavy atom. The molecule has 0 aromatic heterocycles. The van der Waals surface area contributed by atoms with Crippen molar-refractivity contribution >= 4 is 0 Å². The topological polar surface area (TPSA) is 60.7 Å². The first-order chi connectivity index (χ1) is 7.37. The van der Waals surface area contributed by atoms with Crippen molar-refractivity contribution in [3.8, 4) is 0 Å². The zero-order chi connectivity index (χ0) is 12.7. The van der Waals surface area contributed by atoms with Crippen molar-refractivity contribution in [2.45, 2.75) is 76.9 Å². The van der Waals surface area contributed by atoms with E-state index in [1.54, 1.807) is 13.8 Å². The van der Waals surface area contributed by atoms with Crippen LogP contribution in [0.25, 0.3) is 0 Å². The molecule has 0 rings (SSSR count). The highest BCUT2D eigenvalue weighted by atomic mass is 16.4. The van der Waals surface area contributed by atoms with Crippen LogP contribution in [-0.2, 0) is 0 Å². The molecule has 0 aliphatic rings. The number of unbranched alkanes of at least 4 members (excludes halogenated alkanes) is 3. The summed E-state index contributed by atoms with van der Waals surface area (Å²) in [5, 5.41) is 29.1. The van der Waals surface area contributed by atoms with E-state index in [2.05, 4.69) is 6.92 Å². The van der Waals surface area contributed by atoms with Gasteiger partial charge < -0.3 is 15.3 Å². The molecule has 3 heteroatoms. The standard InChI is InChI=1S/C13H28O3/c1-4-5-9-12(2,15)13(3,16)10-7-6-8-11-14/h14-16H,4-11H2,1-3H3/t12-,13-/m1/s1. The molecule has 0 fully saturated rings. The molecule has 0 aromatic carbocycles.